The molecule has 3 aliphatic heterocycles. The van der Waals surface area contributed by atoms with Crippen molar-refractivity contribution < 1.29 is 43.4 Å². The van der Waals surface area contributed by atoms with Gasteiger partial charge in [0.1, 0.15) is 82.2 Å². The molecule has 10 heterocycles. The SMILES string of the molecule is CNC(=O)C[C@@H]1NC(=O)c2csc(n2)-c2ccc(-c3nc(NC(=O)[C@H]4CC[C@H](C(=O)N5CCC(N6CCCC6)CC5)CC4)cs3)nc2-c2csc(n2)-c2csc(n2)[C@H]([C@@H](O)c2ccccc2)N(N)C(=O)CNC(=O)c2nc(sc2COC)[C@H](C(C)C)NC(=O)c2nc1sc2C. The van der Waals surface area contributed by atoms with Crippen LogP contribution in [0.15, 0.2) is 64.0 Å². The first-order valence-corrected chi connectivity index (χ1v) is 36.6. The number of benzene rings is 1. The van der Waals surface area contributed by atoms with Crippen LogP contribution in [0.4, 0.5) is 5.82 Å². The number of hydrogen-bond acceptors (Lipinski definition) is 24. The van der Waals surface area contributed by atoms with Crippen molar-refractivity contribution in [2.75, 3.05) is 52.2 Å². The number of aryl methyl sites for hydroxylation is 1. The van der Waals surface area contributed by atoms with E-state index in [0.717, 1.165) is 78.0 Å². The highest BCUT2D eigenvalue weighted by atomic mass is 32.1. The molecule has 25 nitrogen and oxygen atoms in total. The topological polar surface area (TPSA) is 335 Å². The number of thiazole rings is 6. The van der Waals surface area contributed by atoms with E-state index in [1.54, 1.807) is 64.8 Å². The lowest BCUT2D eigenvalue weighted by Gasteiger charge is -2.39. The van der Waals surface area contributed by atoms with Crippen LogP contribution < -0.4 is 32.4 Å². The Labute approximate surface area is 571 Å². The van der Waals surface area contributed by atoms with Crippen molar-refractivity contribution in [2.24, 2.45) is 23.6 Å². The summed E-state index contributed by atoms with van der Waals surface area (Å²) in [5.74, 6) is 3.47. The lowest BCUT2D eigenvalue weighted by molar-refractivity contribution is -0.139. The normalized spacial score (nSPS) is 20.7. The molecule has 4 atom stereocenters. The number of carbonyl (C=O) groups is 7. The monoisotopic (exact) mass is 1400 g/mol. The summed E-state index contributed by atoms with van der Waals surface area (Å²) in [5, 5.41) is 36.4. The molecule has 8 aromatic rings. The number of pyridine rings is 1. The van der Waals surface area contributed by atoms with E-state index >= 15 is 0 Å². The van der Waals surface area contributed by atoms with Crippen molar-refractivity contribution in [2.45, 2.75) is 115 Å². The van der Waals surface area contributed by atoms with Gasteiger partial charge in [0.25, 0.3) is 23.6 Å². The second kappa shape index (κ2) is 29.7. The first-order chi connectivity index (χ1) is 45.9. The van der Waals surface area contributed by atoms with E-state index in [1.165, 1.54) is 61.0 Å². The quantitative estimate of drug-likeness (QED) is 0.0444. The van der Waals surface area contributed by atoms with E-state index in [0.29, 0.717) is 106 Å². The lowest BCUT2D eigenvalue weighted by atomic mass is 9.80. The standard InChI is InChI=1S/C64H72N16O9S6/c1-32(2)48-62-77-51(44(95-62)27-89-5)56(86)67-26-47(82)80(65)52(53(83)34-11-7-6-8-12-34)63-72-43(30-92-63)60-70-41(28-91-60)50-38(58-71-42(29-90-58)55(85)69-40(25-46(81)66-4)61-76-49(33(3)94-61)57(87)75-48)17-18-39(68-50)59-74-45(31-93-59)73-54(84)35-13-15-36(16-14-35)64(88)79-23-19-37(20-24-79)78-21-9-10-22-78/h6-8,11-12,17-18,28-32,35-37,40,48,52-53,83H,9-10,13-16,19-27,65H2,1-5H3,(H,66,81)(H,67,86)(H,69,85)(H,73,84)(H,75,87)/t35-,36-,40-,48-,52-,53-/m0/s1. The van der Waals surface area contributed by atoms with E-state index in [-0.39, 0.29) is 64.7 Å². The van der Waals surface area contributed by atoms with Crippen LogP contribution in [0.1, 0.15) is 158 Å². The highest BCUT2D eigenvalue weighted by Crippen LogP contribution is 2.42. The fourth-order valence-electron chi connectivity index (χ4n) is 12.4. The van der Waals surface area contributed by atoms with Gasteiger partial charge < -0.3 is 46.2 Å². The van der Waals surface area contributed by atoms with E-state index in [2.05, 4.69) is 31.5 Å². The molecule has 7 aromatic heterocycles. The van der Waals surface area contributed by atoms with E-state index in [1.807, 2.05) is 24.8 Å². The molecular weight excluding hydrogens is 1330 g/mol. The third-order valence-electron chi connectivity index (χ3n) is 17.6. The van der Waals surface area contributed by atoms with Crippen molar-refractivity contribution in [3.05, 3.63) is 111 Å². The largest absolute Gasteiger partial charge is 0.386 e. The van der Waals surface area contributed by atoms with Gasteiger partial charge in [-0.3, -0.25) is 38.6 Å². The molecule has 0 radical (unpaired) electrons. The van der Waals surface area contributed by atoms with Crippen LogP contribution >= 0.6 is 68.0 Å². The molecule has 4 aliphatic rings. The van der Waals surface area contributed by atoms with Gasteiger partial charge in [0, 0.05) is 77.1 Å². The van der Waals surface area contributed by atoms with Gasteiger partial charge in [0.15, 0.2) is 0 Å². The van der Waals surface area contributed by atoms with Crippen LogP contribution in [-0.2, 0) is 30.5 Å². The summed E-state index contributed by atoms with van der Waals surface area (Å²) in [6, 6.07) is 9.85. The number of ether oxygens (including phenoxy) is 1. The fraction of sp³-hybridized carbons (Fsp3) is 0.438. The zero-order valence-corrected chi connectivity index (χ0v) is 57.7. The third kappa shape index (κ3) is 15.0. The van der Waals surface area contributed by atoms with Gasteiger partial charge in [-0.2, -0.15) is 0 Å². The number of methoxy groups -OCH3 is 1. The Kier molecular flexibility index (Phi) is 21.1. The van der Waals surface area contributed by atoms with E-state index < -0.39 is 60.3 Å². The molecule has 1 aromatic carbocycles. The molecule has 31 heteroatoms. The highest BCUT2D eigenvalue weighted by Gasteiger charge is 2.38. The summed E-state index contributed by atoms with van der Waals surface area (Å²) >= 11 is 7.19. The van der Waals surface area contributed by atoms with Crippen LogP contribution in [0.3, 0.4) is 0 Å². The van der Waals surface area contributed by atoms with Crippen molar-refractivity contribution in [3.8, 4) is 43.4 Å². The minimum absolute atomic E-state index is 0.0179. The van der Waals surface area contributed by atoms with Gasteiger partial charge in [-0.15, -0.1) is 68.0 Å². The van der Waals surface area contributed by atoms with Crippen LogP contribution in [0.2, 0.25) is 0 Å². The smallest absolute Gasteiger partial charge is 0.271 e. The molecule has 7 amide bonds. The van der Waals surface area contributed by atoms with Crippen LogP contribution in [0, 0.1) is 24.7 Å². The number of hydrogen-bond donors (Lipinski definition) is 7. The number of fused-ring (bicyclic) bond motifs is 14. The highest BCUT2D eigenvalue weighted by molar-refractivity contribution is 7.15. The van der Waals surface area contributed by atoms with Gasteiger partial charge in [-0.05, 0) is 95.0 Å². The number of carbonyl (C=O) groups excluding carboxylic acids is 7. The number of nitrogens with one attached hydrogen (secondary N) is 5. The number of piperidine rings is 1. The van der Waals surface area contributed by atoms with Crippen molar-refractivity contribution >= 4 is 115 Å². The summed E-state index contributed by atoms with van der Waals surface area (Å²) in [4.78, 5) is 138. The van der Waals surface area contributed by atoms with Crippen LogP contribution in [0.25, 0.3) is 43.4 Å². The minimum Gasteiger partial charge on any atom is -0.386 e. The zero-order chi connectivity index (χ0) is 66.6. The first-order valence-electron chi connectivity index (χ1n) is 31.5. The van der Waals surface area contributed by atoms with Gasteiger partial charge in [0.2, 0.25) is 17.7 Å². The zero-order valence-electron chi connectivity index (χ0n) is 52.8. The molecule has 1 saturated carbocycles. The molecule has 95 heavy (non-hydrogen) atoms. The summed E-state index contributed by atoms with van der Waals surface area (Å²) in [5.41, 5.74) is 2.65. The average Bonchev–Trinajstić information content (AvgIpc) is 1.77. The number of aromatic nitrogens is 7. The molecule has 498 valence electrons. The number of nitrogens with two attached hydrogens (primary N) is 1. The molecule has 3 fully saturated rings. The molecule has 2 saturated heterocycles. The number of aliphatic hydroxyl groups is 1. The Morgan fingerprint density at radius 2 is 1.38 bits per heavy atom. The van der Waals surface area contributed by atoms with Gasteiger partial charge >= 0.3 is 0 Å². The second-order valence-corrected chi connectivity index (χ2v) is 30.0. The molecule has 10 bridgehead atoms. The van der Waals surface area contributed by atoms with Gasteiger partial charge in [-0.1, -0.05) is 44.2 Å². The summed E-state index contributed by atoms with van der Waals surface area (Å²) in [7, 11) is 2.94. The Hall–Kier alpha value is -7.72. The maximum Gasteiger partial charge on any atom is 0.271 e. The number of aliphatic hydroxyl groups excluding tert-OH is 1. The minimum atomic E-state index is -1.38. The van der Waals surface area contributed by atoms with Crippen molar-refractivity contribution in [3.63, 3.8) is 0 Å². The summed E-state index contributed by atoms with van der Waals surface area (Å²) in [6.07, 6.45) is 5.45. The number of amides is 7. The van der Waals surface area contributed by atoms with Crippen molar-refractivity contribution in [1.29, 1.82) is 0 Å². The maximum atomic E-state index is 14.4. The van der Waals surface area contributed by atoms with Crippen LogP contribution in [-0.4, -0.2) is 149 Å². The Balaban J connectivity index is 0.851. The fourth-order valence-corrected chi connectivity index (χ4v) is 18.0. The van der Waals surface area contributed by atoms with E-state index in [4.69, 9.17) is 45.5 Å². The molecule has 0 spiro atoms. The Morgan fingerprint density at radius 3 is 2.12 bits per heavy atom. The first kappa shape index (κ1) is 67.3. The van der Waals surface area contributed by atoms with Gasteiger partial charge in [0.05, 0.1) is 42.2 Å². The molecule has 0 unspecified atom stereocenters. The Morgan fingerprint density at radius 1 is 0.695 bits per heavy atom. The van der Waals surface area contributed by atoms with Crippen LogP contribution in [0.5, 0.6) is 0 Å². The predicted molar refractivity (Wildman–Crippen MR) is 364 cm³/mol. The second-order valence-electron chi connectivity index (χ2n) is 24.2. The number of hydrazine groups is 1. The number of nitrogens with zero attached hydrogens (tertiary/aromatic N) is 10. The average molecular weight is 1400 g/mol. The molecule has 8 N–H and O–H groups in total. The van der Waals surface area contributed by atoms with Crippen molar-refractivity contribution in [1.82, 2.24) is 71.0 Å². The third-order valence-corrected chi connectivity index (χ3v) is 23.3. The maximum absolute atomic E-state index is 14.4. The summed E-state index contributed by atoms with van der Waals surface area (Å²) < 4.78 is 5.47. The predicted octanol–water partition coefficient (Wildman–Crippen LogP) is 8.73. The molecular formula is C64H72N16O9S6. The number of rotatable bonds is 12. The Bertz CT molecular complexity index is 4120. The number of likely N-dealkylation sites (tertiary alicyclic amines) is 2. The molecule has 1 aliphatic carbocycles. The number of anilines is 1. The van der Waals surface area contributed by atoms with Gasteiger partial charge in [-0.25, -0.2) is 40.7 Å². The lowest BCUT2D eigenvalue weighted by Crippen LogP contribution is -2.48. The van der Waals surface area contributed by atoms with E-state index in [9.17, 15) is 38.7 Å². The summed E-state index contributed by atoms with van der Waals surface area (Å²) in [6.45, 7) is 8.74. The molecule has 12 rings (SSSR count).